The molecule has 0 atom stereocenters. The fourth-order valence-corrected chi connectivity index (χ4v) is 29.8. The van der Waals surface area contributed by atoms with Crippen molar-refractivity contribution in [2.75, 3.05) is 0 Å². The van der Waals surface area contributed by atoms with E-state index >= 15 is 0 Å². The Kier molecular flexibility index (Phi) is 16.5. The van der Waals surface area contributed by atoms with Crippen molar-refractivity contribution < 1.29 is 13.3 Å². The van der Waals surface area contributed by atoms with E-state index < -0.39 is 0 Å². The van der Waals surface area contributed by atoms with Crippen LogP contribution in [0.3, 0.4) is 0 Å². The van der Waals surface area contributed by atoms with Crippen molar-refractivity contribution in [2.24, 2.45) is 0 Å². The molecule has 6 nitrogen and oxygen atoms in total. The summed E-state index contributed by atoms with van der Waals surface area (Å²) < 4.78 is 43.2. The van der Waals surface area contributed by atoms with Crippen molar-refractivity contribution in [2.45, 2.75) is 0 Å². The van der Waals surface area contributed by atoms with E-state index in [9.17, 15) is 0 Å². The number of nitrogens with zero attached hydrogens (tertiary/aromatic N) is 3. The second-order valence-electron chi connectivity index (χ2n) is 36.1. The zero-order valence-electron chi connectivity index (χ0n) is 73.4. The van der Waals surface area contributed by atoms with Gasteiger partial charge in [0.25, 0.3) is 0 Å². The van der Waals surface area contributed by atoms with Gasteiger partial charge in [0.15, 0.2) is 0 Å². The molecule has 138 heavy (non-hydrogen) atoms. The first-order chi connectivity index (χ1) is 68.4. The summed E-state index contributed by atoms with van der Waals surface area (Å²) in [6.45, 7) is 0. The average Bonchev–Trinajstić information content (AvgIpc) is 1.56. The van der Waals surface area contributed by atoms with E-state index in [1.54, 1.807) is 0 Å². The van der Waals surface area contributed by atoms with Gasteiger partial charge in [0.1, 0.15) is 33.5 Å². The highest BCUT2D eigenvalue weighted by Crippen LogP contribution is 2.53. The quantitative estimate of drug-likeness (QED) is 0.167. The molecule has 33 rings (SSSR count). The molecule has 0 aliphatic heterocycles. The summed E-state index contributed by atoms with van der Waals surface area (Å²) in [6, 6.07) is 152. The third-order valence-corrected chi connectivity index (χ3v) is 35.7. The molecule has 0 amide bonds. The number of hydrogen-bond acceptors (Lipinski definition) is 9. The zero-order chi connectivity index (χ0) is 89.8. The number of fused-ring (bicyclic) bond motifs is 38. The molecular weight excluding hydrogens is 1800 g/mol. The summed E-state index contributed by atoms with van der Waals surface area (Å²) in [6.07, 6.45) is 0. The average molecular weight is 1870 g/mol. The van der Waals surface area contributed by atoms with Crippen LogP contribution in [0.15, 0.2) is 432 Å². The van der Waals surface area contributed by atoms with Crippen LogP contribution in [0.2, 0.25) is 0 Å². The highest BCUT2D eigenvalue weighted by atomic mass is 32.1. The minimum Gasteiger partial charge on any atom is -0.455 e. The summed E-state index contributed by atoms with van der Waals surface area (Å²) in [7, 11) is 0. The van der Waals surface area contributed by atoms with Crippen LogP contribution in [-0.4, -0.2) is 13.7 Å². The maximum absolute atomic E-state index is 6.71. The molecule has 12 aromatic heterocycles. The van der Waals surface area contributed by atoms with Crippen LogP contribution in [0.5, 0.6) is 0 Å². The molecule has 0 saturated carbocycles. The molecule has 0 aliphatic carbocycles. The van der Waals surface area contributed by atoms with Crippen molar-refractivity contribution in [3.63, 3.8) is 0 Å². The van der Waals surface area contributed by atoms with Gasteiger partial charge in [0.05, 0.1) is 33.1 Å². The molecule has 0 spiro atoms. The number of aromatic nitrogens is 3. The maximum atomic E-state index is 6.71. The highest BCUT2D eigenvalue weighted by Gasteiger charge is 2.27. The van der Waals surface area contributed by atoms with E-state index in [1.807, 2.05) is 68.0 Å². The number of furan rings is 3. The van der Waals surface area contributed by atoms with Crippen molar-refractivity contribution in [1.82, 2.24) is 13.7 Å². The Morgan fingerprint density at radius 3 is 0.913 bits per heavy atom. The van der Waals surface area contributed by atoms with Crippen molar-refractivity contribution >= 4 is 320 Å². The predicted octanol–water partition coefficient (Wildman–Crippen LogP) is 39.3. The first-order valence-corrected chi connectivity index (χ1v) is 51.4. The summed E-state index contributed by atoms with van der Waals surface area (Å²) in [5, 5.41) is 30.3. The second-order valence-corrected chi connectivity index (χ2v) is 42.6. The molecular formula is C126H69N3O3S6. The predicted molar refractivity (Wildman–Crippen MR) is 598 cm³/mol. The van der Waals surface area contributed by atoms with Gasteiger partial charge in [0.2, 0.25) is 0 Å². The van der Waals surface area contributed by atoms with Crippen molar-refractivity contribution in [3.05, 3.63) is 419 Å². The normalized spacial score (nSPS) is 12.3. The van der Waals surface area contributed by atoms with Gasteiger partial charge >= 0.3 is 0 Å². The Morgan fingerprint density at radius 1 is 0.145 bits per heavy atom. The minimum atomic E-state index is 0.903. The van der Waals surface area contributed by atoms with Gasteiger partial charge in [-0.2, -0.15) is 0 Å². The van der Waals surface area contributed by atoms with Gasteiger partial charge in [-0.3, -0.25) is 0 Å². The van der Waals surface area contributed by atoms with Gasteiger partial charge in [-0.15, -0.1) is 68.0 Å². The summed E-state index contributed by atoms with van der Waals surface area (Å²) in [5.74, 6) is 0. The minimum absolute atomic E-state index is 0.903. The number of benzene rings is 21. The van der Waals surface area contributed by atoms with Crippen LogP contribution >= 0.6 is 68.0 Å². The van der Waals surface area contributed by atoms with Crippen LogP contribution in [0.25, 0.3) is 303 Å². The standard InChI is InChI=1S/3C42H23NOS2/c1-4-15-33-30(10-1)40-34(21-20-29-25-9-2-5-16-36(25)46-42(29)40)43(33)24-19-22-35-32(23-24)28-14-7-13-27(41(28)44-35)26-12-8-18-38-39(26)31-11-3-6-17-37(31)45-38;1-4-15-32-28(9-1)40-33(20-22-38-41(40)30-11-3-6-17-36(30)46-38)43(32)24-19-21-34-31(23-24)27-14-7-13-26(42(27)44-34)25-12-8-18-37-39(25)29-10-2-5-16-35(29)45-37;1-4-15-34-25(9-1)31-23-40-33(26-10-2-5-16-37(26)46-40)22-35(31)43(34)24-19-20-36-32(21-24)29-14-7-13-28(42(29)44-36)27-12-8-18-39-41(27)30-11-3-6-17-38(30)45-39/h3*1-23H. The van der Waals surface area contributed by atoms with Gasteiger partial charge in [-0.25, -0.2) is 0 Å². The van der Waals surface area contributed by atoms with Gasteiger partial charge in [-0.1, -0.05) is 261 Å². The SMILES string of the molecule is c1ccc2c(c1)sc1c2ccc2c1c1ccccc1n2-c1ccc2oc3c(-c4cccc5sc6ccccc6c45)cccc3c2c1.c1ccc2c(c1)sc1cc3c4ccccc4n(-c4ccc5oc6c(-c7cccc8sc9ccccc9c78)cccc6c5c4)c3cc12.c1ccc2c(c1)sc1cccc(-c3cccc4c3oc3ccc(-n5c6ccccc6c6c7c(ccc65)sc5ccccc57)cc34)c12. The first kappa shape index (κ1) is 77.1. The molecule has 0 unspecified atom stereocenters. The summed E-state index contributed by atoms with van der Waals surface area (Å²) in [4.78, 5) is 0. The van der Waals surface area contributed by atoms with Gasteiger partial charge < -0.3 is 27.0 Å². The largest absolute Gasteiger partial charge is 0.455 e. The fraction of sp³-hybridized carbons (Fsp3) is 0. The molecule has 21 aromatic carbocycles. The first-order valence-electron chi connectivity index (χ1n) is 46.5. The van der Waals surface area contributed by atoms with Crippen LogP contribution in [0.4, 0.5) is 0 Å². The Labute approximate surface area is 809 Å². The molecule has 0 fully saturated rings. The highest BCUT2D eigenvalue weighted by molar-refractivity contribution is 7.28. The van der Waals surface area contributed by atoms with Gasteiger partial charge in [-0.05, 0) is 174 Å². The van der Waals surface area contributed by atoms with Crippen LogP contribution in [0.1, 0.15) is 0 Å². The van der Waals surface area contributed by atoms with E-state index in [-0.39, 0.29) is 0 Å². The molecule has 0 radical (unpaired) electrons. The molecule has 0 aliphatic rings. The zero-order valence-corrected chi connectivity index (χ0v) is 78.3. The molecule has 12 heteroatoms. The van der Waals surface area contributed by atoms with E-state index in [2.05, 4.69) is 432 Å². The van der Waals surface area contributed by atoms with Crippen molar-refractivity contribution in [1.29, 1.82) is 0 Å². The third kappa shape index (κ3) is 11.2. The van der Waals surface area contributed by atoms with E-state index in [1.165, 1.54) is 203 Å². The Balaban J connectivity index is 0.0000000959. The molecule has 642 valence electrons. The monoisotopic (exact) mass is 1860 g/mol. The summed E-state index contributed by atoms with van der Waals surface area (Å²) >= 11 is 11.2. The molecule has 12 heterocycles. The summed E-state index contributed by atoms with van der Waals surface area (Å²) in [5.41, 5.74) is 23.3. The Morgan fingerprint density at radius 2 is 0.457 bits per heavy atom. The smallest absolute Gasteiger partial charge is 0.143 e. The Bertz CT molecular complexity index is 10900. The molecule has 0 saturated heterocycles. The second kappa shape index (κ2) is 29.6. The lowest BCUT2D eigenvalue weighted by atomic mass is 9.97. The lowest BCUT2D eigenvalue weighted by Gasteiger charge is -2.08. The van der Waals surface area contributed by atoms with E-state index in [0.717, 1.165) is 99.6 Å². The molecule has 0 bridgehead atoms. The lowest BCUT2D eigenvalue weighted by molar-refractivity contribution is 0.669. The topological polar surface area (TPSA) is 54.2 Å². The lowest BCUT2D eigenvalue weighted by Crippen LogP contribution is -1.93. The van der Waals surface area contributed by atoms with Crippen LogP contribution in [0, 0.1) is 0 Å². The van der Waals surface area contributed by atoms with E-state index in [4.69, 9.17) is 13.3 Å². The number of rotatable bonds is 6. The fourth-order valence-electron chi connectivity index (χ4n) is 22.9. The maximum Gasteiger partial charge on any atom is 0.143 e. The van der Waals surface area contributed by atoms with E-state index in [0.29, 0.717) is 0 Å². The van der Waals surface area contributed by atoms with Gasteiger partial charge in [0, 0.05) is 219 Å². The Hall–Kier alpha value is -16.3. The van der Waals surface area contributed by atoms with Crippen LogP contribution < -0.4 is 0 Å². The van der Waals surface area contributed by atoms with Crippen LogP contribution in [-0.2, 0) is 0 Å². The number of thiophene rings is 6. The number of para-hydroxylation sites is 6. The molecule has 0 N–H and O–H groups in total. The molecule has 33 aromatic rings. The van der Waals surface area contributed by atoms with Crippen molar-refractivity contribution in [3.8, 4) is 50.4 Å². The number of hydrogen-bond donors (Lipinski definition) is 0. The third-order valence-electron chi connectivity index (χ3n) is 28.8.